The molecule has 0 radical (unpaired) electrons. The van der Waals surface area contributed by atoms with E-state index in [2.05, 4.69) is 0 Å². The first-order valence-electron chi connectivity index (χ1n) is 3.14. The lowest BCUT2D eigenvalue weighted by Gasteiger charge is -2.13. The van der Waals surface area contributed by atoms with Gasteiger partial charge in [0.25, 0.3) is 0 Å². The molecular formula is C5H13NO6S. The van der Waals surface area contributed by atoms with Crippen molar-refractivity contribution in [1.29, 1.82) is 0 Å². The van der Waals surface area contributed by atoms with Crippen LogP contribution in [-0.2, 0) is 15.2 Å². The van der Waals surface area contributed by atoms with Gasteiger partial charge in [-0.05, 0) is 21.0 Å². The van der Waals surface area contributed by atoms with Crippen LogP contribution in [-0.4, -0.2) is 53.6 Å². The molecule has 0 fully saturated rings. The number of hydrogen-bond acceptors (Lipinski definition) is 4. The quantitative estimate of drug-likeness (QED) is 0.525. The zero-order valence-electron chi connectivity index (χ0n) is 7.50. The van der Waals surface area contributed by atoms with Gasteiger partial charge in [0.2, 0.25) is 0 Å². The Hall–Kier alpha value is -0.700. The minimum atomic E-state index is -4.67. The van der Waals surface area contributed by atoms with Crippen LogP contribution in [0.2, 0.25) is 0 Å². The van der Waals surface area contributed by atoms with Gasteiger partial charge in [0.15, 0.2) is 0 Å². The smallest absolute Gasteiger partial charge is 0.394 e. The lowest BCUT2D eigenvalue weighted by atomic mass is 10.3. The average molecular weight is 215 g/mol. The van der Waals surface area contributed by atoms with Crippen LogP contribution in [0.4, 0.5) is 0 Å². The molecular weight excluding hydrogens is 202 g/mol. The average Bonchev–Trinajstić information content (AvgIpc) is 1.81. The summed E-state index contributed by atoms with van der Waals surface area (Å²) in [4.78, 5) is 11.7. The van der Waals surface area contributed by atoms with Crippen molar-refractivity contribution in [3.8, 4) is 0 Å². The van der Waals surface area contributed by atoms with Gasteiger partial charge < -0.3 is 5.11 Å². The lowest BCUT2D eigenvalue weighted by Crippen LogP contribution is -2.32. The largest absolute Gasteiger partial charge is 0.480 e. The zero-order chi connectivity index (χ0) is 11.2. The number of carboxylic acids is 1. The lowest BCUT2D eigenvalue weighted by molar-refractivity contribution is -0.141. The Morgan fingerprint density at radius 3 is 1.54 bits per heavy atom. The van der Waals surface area contributed by atoms with E-state index < -0.39 is 16.4 Å². The SMILES string of the molecule is CC(C(=O)O)N(C)C.O=S(=O)(O)O. The zero-order valence-corrected chi connectivity index (χ0v) is 8.32. The van der Waals surface area contributed by atoms with Gasteiger partial charge in [-0.1, -0.05) is 0 Å². The van der Waals surface area contributed by atoms with E-state index in [0.717, 1.165) is 0 Å². The third-order valence-corrected chi connectivity index (χ3v) is 1.13. The molecule has 0 saturated carbocycles. The highest BCUT2D eigenvalue weighted by atomic mass is 32.3. The number of rotatable bonds is 2. The molecule has 80 valence electrons. The highest BCUT2D eigenvalue weighted by Gasteiger charge is 2.11. The second-order valence-electron chi connectivity index (χ2n) is 2.43. The van der Waals surface area contributed by atoms with Crippen LogP contribution in [0.25, 0.3) is 0 Å². The monoisotopic (exact) mass is 215 g/mol. The first kappa shape index (κ1) is 14.8. The summed E-state index contributed by atoms with van der Waals surface area (Å²) in [5.41, 5.74) is 0. The van der Waals surface area contributed by atoms with Crippen LogP contribution in [0.1, 0.15) is 6.92 Å². The molecule has 0 rings (SSSR count). The Balaban J connectivity index is 0. The van der Waals surface area contributed by atoms with Gasteiger partial charge in [-0.15, -0.1) is 0 Å². The summed E-state index contributed by atoms with van der Waals surface area (Å²) in [5, 5.41) is 8.31. The normalized spacial score (nSPS) is 13.1. The number of aliphatic carboxylic acids is 1. The third-order valence-electron chi connectivity index (χ3n) is 1.13. The van der Waals surface area contributed by atoms with Crippen LogP contribution < -0.4 is 0 Å². The number of hydrogen-bond donors (Lipinski definition) is 3. The van der Waals surface area contributed by atoms with Gasteiger partial charge >= 0.3 is 16.4 Å². The molecule has 0 aromatic carbocycles. The van der Waals surface area contributed by atoms with Gasteiger partial charge in [0.05, 0.1) is 0 Å². The molecule has 0 amide bonds. The van der Waals surface area contributed by atoms with Crippen molar-refractivity contribution < 1.29 is 27.4 Å². The van der Waals surface area contributed by atoms with Crippen molar-refractivity contribution in [1.82, 2.24) is 4.90 Å². The second-order valence-corrected chi connectivity index (χ2v) is 3.32. The van der Waals surface area contributed by atoms with Crippen molar-refractivity contribution in [2.45, 2.75) is 13.0 Å². The van der Waals surface area contributed by atoms with Crippen molar-refractivity contribution in [2.75, 3.05) is 14.1 Å². The van der Waals surface area contributed by atoms with E-state index in [-0.39, 0.29) is 6.04 Å². The Bertz CT molecular complexity index is 238. The maximum Gasteiger partial charge on any atom is 0.394 e. The molecule has 0 aromatic rings. The van der Waals surface area contributed by atoms with Crippen LogP contribution in [0.15, 0.2) is 0 Å². The van der Waals surface area contributed by atoms with Gasteiger partial charge in [-0.25, -0.2) is 0 Å². The molecule has 1 unspecified atom stereocenters. The van der Waals surface area contributed by atoms with E-state index in [9.17, 15) is 4.79 Å². The standard InChI is InChI=1S/C5H11NO2.H2O4S/c1-4(5(7)8)6(2)3;1-5(2,3)4/h4H,1-3H3,(H,7,8);(H2,1,2,3,4). The molecule has 8 heteroatoms. The fraction of sp³-hybridized carbons (Fsp3) is 0.800. The van der Waals surface area contributed by atoms with E-state index in [4.69, 9.17) is 22.6 Å². The summed E-state index contributed by atoms with van der Waals surface area (Å²) in [5.74, 6) is -0.782. The van der Waals surface area contributed by atoms with Gasteiger partial charge in [0, 0.05) is 0 Å². The Morgan fingerprint density at radius 1 is 1.31 bits per heavy atom. The second kappa shape index (κ2) is 5.86. The first-order valence-corrected chi connectivity index (χ1v) is 4.54. The third kappa shape index (κ3) is 18.3. The van der Waals surface area contributed by atoms with Gasteiger partial charge in [0.1, 0.15) is 6.04 Å². The van der Waals surface area contributed by atoms with Crippen LogP contribution >= 0.6 is 0 Å². The maximum atomic E-state index is 10.1. The first-order chi connectivity index (χ1) is 5.55. The summed E-state index contributed by atoms with van der Waals surface area (Å²) in [6.45, 7) is 1.64. The highest BCUT2D eigenvalue weighted by molar-refractivity contribution is 7.79. The van der Waals surface area contributed by atoms with Crippen LogP contribution in [0.5, 0.6) is 0 Å². The van der Waals surface area contributed by atoms with Crippen molar-refractivity contribution >= 4 is 16.4 Å². The fourth-order valence-electron chi connectivity index (χ4n) is 0.221. The predicted molar refractivity (Wildman–Crippen MR) is 45.0 cm³/mol. The molecule has 1 atom stereocenters. The van der Waals surface area contributed by atoms with Crippen molar-refractivity contribution in [3.05, 3.63) is 0 Å². The number of carboxylic acid groups (broad SMARTS) is 1. The highest BCUT2D eigenvalue weighted by Crippen LogP contribution is 1.88. The summed E-state index contributed by atoms with van der Waals surface area (Å²) in [6, 6.07) is -0.380. The molecule has 7 nitrogen and oxygen atoms in total. The molecule has 0 aromatic heterocycles. The Kier molecular flexibility index (Phi) is 6.68. The summed E-state index contributed by atoms with van der Waals surface area (Å²) < 4.78 is 31.6. The van der Waals surface area contributed by atoms with E-state index >= 15 is 0 Å². The minimum absolute atomic E-state index is 0.380. The van der Waals surface area contributed by atoms with Crippen LogP contribution in [0, 0.1) is 0 Å². The molecule has 0 bridgehead atoms. The molecule has 0 aliphatic rings. The molecule has 0 aliphatic carbocycles. The van der Waals surface area contributed by atoms with E-state index in [1.807, 2.05) is 0 Å². The molecule has 13 heavy (non-hydrogen) atoms. The van der Waals surface area contributed by atoms with E-state index in [1.165, 1.54) is 0 Å². The van der Waals surface area contributed by atoms with Crippen LogP contribution in [0.3, 0.4) is 0 Å². The van der Waals surface area contributed by atoms with E-state index in [0.29, 0.717) is 0 Å². The molecule has 0 aliphatic heterocycles. The predicted octanol–water partition coefficient (Wildman–Crippen LogP) is -0.632. The number of nitrogens with zero attached hydrogens (tertiary/aromatic N) is 1. The summed E-state index contributed by atoms with van der Waals surface area (Å²) >= 11 is 0. The Morgan fingerprint density at radius 2 is 1.54 bits per heavy atom. The topological polar surface area (TPSA) is 115 Å². The fourth-order valence-corrected chi connectivity index (χ4v) is 0.221. The minimum Gasteiger partial charge on any atom is -0.480 e. The summed E-state index contributed by atoms with van der Waals surface area (Å²) in [6.07, 6.45) is 0. The van der Waals surface area contributed by atoms with Crippen molar-refractivity contribution in [2.24, 2.45) is 0 Å². The number of likely N-dealkylation sites (N-methyl/N-ethyl adjacent to an activating group) is 1. The molecule has 0 heterocycles. The molecule has 0 saturated heterocycles. The van der Waals surface area contributed by atoms with E-state index in [1.54, 1.807) is 25.9 Å². The molecule has 0 spiro atoms. The molecule has 3 N–H and O–H groups in total. The number of carbonyl (C=O) groups is 1. The van der Waals surface area contributed by atoms with Crippen molar-refractivity contribution in [3.63, 3.8) is 0 Å². The summed E-state index contributed by atoms with van der Waals surface area (Å²) in [7, 11) is -1.20. The van der Waals surface area contributed by atoms with Gasteiger partial charge in [-0.3, -0.25) is 18.8 Å². The van der Waals surface area contributed by atoms with Gasteiger partial charge in [-0.2, -0.15) is 8.42 Å². The Labute approximate surface area is 76.6 Å². The maximum absolute atomic E-state index is 10.1.